The number of carboxylic acids is 2. The number of aromatic carboxylic acids is 2. The summed E-state index contributed by atoms with van der Waals surface area (Å²) in [5.41, 5.74) is 2.76. The SMILES string of the molecule is Cc1cc(C(=O)O)ccc1-c1ccc(/C=C(/C#N)c2ccc(C(=O)O)cc2)o1. The molecule has 0 unspecified atom stereocenters. The predicted octanol–water partition coefficient (Wildman–Crippen LogP) is 4.72. The van der Waals surface area contributed by atoms with Crippen LogP contribution < -0.4 is 0 Å². The first kappa shape index (κ1) is 18.7. The molecule has 0 aliphatic heterocycles. The summed E-state index contributed by atoms with van der Waals surface area (Å²) in [5, 5.41) is 27.5. The average Bonchev–Trinajstić information content (AvgIpc) is 3.14. The number of rotatable bonds is 5. The second kappa shape index (κ2) is 7.64. The lowest BCUT2D eigenvalue weighted by molar-refractivity contribution is 0.0686. The highest BCUT2D eigenvalue weighted by atomic mass is 16.4. The lowest BCUT2D eigenvalue weighted by Gasteiger charge is -2.04. The fourth-order valence-electron chi connectivity index (χ4n) is 2.76. The minimum Gasteiger partial charge on any atom is -0.478 e. The number of aryl methyl sites for hydroxylation is 1. The Labute approximate surface area is 160 Å². The molecule has 0 spiro atoms. The molecule has 6 heteroatoms. The van der Waals surface area contributed by atoms with Crippen LogP contribution in [0.1, 0.15) is 37.6 Å². The van der Waals surface area contributed by atoms with Gasteiger partial charge in [-0.2, -0.15) is 5.26 Å². The number of hydrogen-bond acceptors (Lipinski definition) is 4. The van der Waals surface area contributed by atoms with Crippen LogP contribution in [0.25, 0.3) is 23.0 Å². The third-order valence-corrected chi connectivity index (χ3v) is 4.22. The summed E-state index contributed by atoms with van der Waals surface area (Å²) in [7, 11) is 0. The first-order valence-corrected chi connectivity index (χ1v) is 8.28. The maximum atomic E-state index is 11.1. The largest absolute Gasteiger partial charge is 0.478 e. The smallest absolute Gasteiger partial charge is 0.335 e. The van der Waals surface area contributed by atoms with Crippen LogP contribution in [-0.2, 0) is 0 Å². The van der Waals surface area contributed by atoms with Gasteiger partial charge < -0.3 is 14.6 Å². The maximum Gasteiger partial charge on any atom is 0.335 e. The highest BCUT2D eigenvalue weighted by Gasteiger charge is 2.11. The molecule has 0 bridgehead atoms. The molecule has 1 heterocycles. The third kappa shape index (κ3) is 3.84. The van der Waals surface area contributed by atoms with Gasteiger partial charge in [0.05, 0.1) is 22.8 Å². The van der Waals surface area contributed by atoms with E-state index >= 15 is 0 Å². The number of hydrogen-bond donors (Lipinski definition) is 2. The van der Waals surface area contributed by atoms with Crippen LogP contribution in [0.4, 0.5) is 0 Å². The zero-order valence-corrected chi connectivity index (χ0v) is 14.8. The van der Waals surface area contributed by atoms with E-state index in [1.165, 1.54) is 18.2 Å². The van der Waals surface area contributed by atoms with E-state index in [1.807, 2.05) is 0 Å². The molecule has 0 atom stereocenters. The van der Waals surface area contributed by atoms with Crippen molar-refractivity contribution in [3.05, 3.63) is 82.6 Å². The van der Waals surface area contributed by atoms with E-state index in [9.17, 15) is 14.9 Å². The maximum absolute atomic E-state index is 11.1. The zero-order chi connectivity index (χ0) is 20.3. The van der Waals surface area contributed by atoms with E-state index in [0.717, 1.165) is 11.1 Å². The molecule has 0 fully saturated rings. The van der Waals surface area contributed by atoms with Crippen molar-refractivity contribution in [2.45, 2.75) is 6.92 Å². The van der Waals surface area contributed by atoms with Crippen molar-refractivity contribution >= 4 is 23.6 Å². The highest BCUT2D eigenvalue weighted by Crippen LogP contribution is 2.28. The Morgan fingerprint density at radius 1 is 0.929 bits per heavy atom. The van der Waals surface area contributed by atoms with Crippen molar-refractivity contribution < 1.29 is 24.2 Å². The number of carbonyl (C=O) groups is 2. The summed E-state index contributed by atoms with van der Waals surface area (Å²) in [6.07, 6.45) is 1.57. The van der Waals surface area contributed by atoms with Gasteiger partial charge in [0, 0.05) is 5.56 Å². The molecule has 0 amide bonds. The van der Waals surface area contributed by atoms with Crippen LogP contribution in [0, 0.1) is 18.3 Å². The van der Waals surface area contributed by atoms with Gasteiger partial charge in [0.25, 0.3) is 0 Å². The van der Waals surface area contributed by atoms with Crippen LogP contribution >= 0.6 is 0 Å². The number of nitrogens with zero attached hydrogens (tertiary/aromatic N) is 1. The third-order valence-electron chi connectivity index (χ3n) is 4.22. The molecule has 2 aromatic carbocycles. The van der Waals surface area contributed by atoms with E-state index in [0.29, 0.717) is 22.7 Å². The van der Waals surface area contributed by atoms with E-state index < -0.39 is 11.9 Å². The number of allylic oxidation sites excluding steroid dienone is 1. The number of benzene rings is 2. The van der Waals surface area contributed by atoms with Crippen molar-refractivity contribution in [2.75, 3.05) is 0 Å². The van der Waals surface area contributed by atoms with Gasteiger partial charge >= 0.3 is 11.9 Å². The van der Waals surface area contributed by atoms with E-state index in [4.69, 9.17) is 14.6 Å². The molecular weight excluding hydrogens is 358 g/mol. The van der Waals surface area contributed by atoms with Crippen LogP contribution in [0.5, 0.6) is 0 Å². The van der Waals surface area contributed by atoms with Crippen LogP contribution in [0.2, 0.25) is 0 Å². The van der Waals surface area contributed by atoms with Gasteiger partial charge in [-0.3, -0.25) is 0 Å². The van der Waals surface area contributed by atoms with Gasteiger partial charge in [-0.25, -0.2) is 9.59 Å². The molecule has 0 saturated heterocycles. The van der Waals surface area contributed by atoms with Gasteiger partial charge in [0.15, 0.2) is 0 Å². The molecule has 1 aromatic heterocycles. The summed E-state index contributed by atoms with van der Waals surface area (Å²) in [6.45, 7) is 1.80. The standard InChI is InChI=1S/C22H15NO5/c1-13-10-16(22(26)27)6-8-19(13)20-9-7-18(28-20)11-17(12-23)14-2-4-15(5-3-14)21(24)25/h2-11H,1H3,(H,24,25)(H,26,27)/b17-11-. The topological polar surface area (TPSA) is 112 Å². The Morgan fingerprint density at radius 2 is 1.54 bits per heavy atom. The van der Waals surface area contributed by atoms with Crippen molar-refractivity contribution in [1.29, 1.82) is 5.26 Å². The first-order chi connectivity index (χ1) is 13.4. The number of nitriles is 1. The molecule has 6 nitrogen and oxygen atoms in total. The van der Waals surface area contributed by atoms with Gasteiger partial charge in [0.2, 0.25) is 0 Å². The molecule has 0 aliphatic rings. The molecular formula is C22H15NO5. The quantitative estimate of drug-likeness (QED) is 0.626. The predicted molar refractivity (Wildman–Crippen MR) is 103 cm³/mol. The Balaban J connectivity index is 1.91. The van der Waals surface area contributed by atoms with Gasteiger partial charge in [-0.05, 0) is 60.5 Å². The second-order valence-electron chi connectivity index (χ2n) is 6.09. The lowest BCUT2D eigenvalue weighted by atomic mass is 10.0. The van der Waals surface area contributed by atoms with Crippen molar-refractivity contribution in [3.63, 3.8) is 0 Å². The minimum absolute atomic E-state index is 0.140. The van der Waals surface area contributed by atoms with Crippen molar-refractivity contribution in [1.82, 2.24) is 0 Å². The second-order valence-corrected chi connectivity index (χ2v) is 6.09. The normalized spacial score (nSPS) is 11.1. The molecule has 3 aromatic rings. The summed E-state index contributed by atoms with van der Waals surface area (Å²) in [6, 6.07) is 16.3. The number of carboxylic acid groups (broad SMARTS) is 2. The van der Waals surface area contributed by atoms with Crippen LogP contribution in [-0.4, -0.2) is 22.2 Å². The molecule has 138 valence electrons. The van der Waals surface area contributed by atoms with Crippen molar-refractivity contribution in [2.24, 2.45) is 0 Å². The molecule has 0 saturated carbocycles. The summed E-state index contributed by atoms with van der Waals surface area (Å²) in [4.78, 5) is 22.0. The monoisotopic (exact) mass is 373 g/mol. The Morgan fingerprint density at radius 3 is 2.11 bits per heavy atom. The molecule has 2 N–H and O–H groups in total. The summed E-state index contributed by atoms with van der Waals surface area (Å²) in [5.74, 6) is -1.02. The fraction of sp³-hybridized carbons (Fsp3) is 0.0455. The van der Waals surface area contributed by atoms with E-state index in [1.54, 1.807) is 49.4 Å². The molecule has 0 aliphatic carbocycles. The zero-order valence-electron chi connectivity index (χ0n) is 14.8. The first-order valence-electron chi connectivity index (χ1n) is 8.28. The summed E-state index contributed by atoms with van der Waals surface area (Å²) < 4.78 is 5.80. The molecule has 3 rings (SSSR count). The molecule has 0 radical (unpaired) electrons. The van der Waals surface area contributed by atoms with Gasteiger partial charge in [0.1, 0.15) is 11.5 Å². The minimum atomic E-state index is -1.03. The van der Waals surface area contributed by atoms with Gasteiger partial charge in [-0.1, -0.05) is 18.2 Å². The van der Waals surface area contributed by atoms with E-state index in [-0.39, 0.29) is 11.1 Å². The average molecular weight is 373 g/mol. The lowest BCUT2D eigenvalue weighted by Crippen LogP contribution is -1.96. The van der Waals surface area contributed by atoms with Crippen molar-refractivity contribution in [3.8, 4) is 17.4 Å². The van der Waals surface area contributed by atoms with E-state index in [2.05, 4.69) is 6.07 Å². The van der Waals surface area contributed by atoms with Crippen LogP contribution in [0.3, 0.4) is 0 Å². The Hall–Kier alpha value is -4.11. The summed E-state index contributed by atoms with van der Waals surface area (Å²) >= 11 is 0. The Bertz CT molecular complexity index is 1130. The number of furan rings is 1. The fourth-order valence-corrected chi connectivity index (χ4v) is 2.76. The molecule has 28 heavy (non-hydrogen) atoms. The van der Waals surface area contributed by atoms with Crippen LogP contribution in [0.15, 0.2) is 59.0 Å². The Kier molecular flexibility index (Phi) is 5.10. The highest BCUT2D eigenvalue weighted by molar-refractivity contribution is 5.92. The van der Waals surface area contributed by atoms with Gasteiger partial charge in [-0.15, -0.1) is 0 Å².